The number of piperidine rings is 1. The van der Waals surface area contributed by atoms with Crippen LogP contribution in [0.3, 0.4) is 0 Å². The van der Waals surface area contributed by atoms with E-state index >= 15 is 0 Å². The first-order valence-electron chi connectivity index (χ1n) is 9.72. The molecule has 9 heteroatoms. The normalized spacial score (nSPS) is 17.4. The molecule has 1 fully saturated rings. The highest BCUT2D eigenvalue weighted by molar-refractivity contribution is 7.89. The van der Waals surface area contributed by atoms with Gasteiger partial charge in [0.25, 0.3) is 5.91 Å². The van der Waals surface area contributed by atoms with Crippen LogP contribution in [0.4, 0.5) is 5.00 Å². The standard InChI is InChI=1S/C21H25N3O4S2/c1-13-7-5-6-10-24(13)30(26,27)19-11-16(8-9-18(19)28-4)20(25)23-21-17(12-22)14(2)15(3)29-21/h8-9,11,13H,5-7,10H2,1-4H3,(H,23,25)/t13-/m0/s1. The maximum atomic E-state index is 13.3. The highest BCUT2D eigenvalue weighted by atomic mass is 32.2. The Balaban J connectivity index is 1.97. The lowest BCUT2D eigenvalue weighted by Gasteiger charge is -2.32. The predicted octanol–water partition coefficient (Wildman–Crippen LogP) is 4.06. The number of nitrogens with one attached hydrogen (secondary N) is 1. The zero-order valence-electron chi connectivity index (χ0n) is 17.5. The Morgan fingerprint density at radius 1 is 1.33 bits per heavy atom. The highest BCUT2D eigenvalue weighted by Gasteiger charge is 2.33. The van der Waals surface area contributed by atoms with E-state index in [-0.39, 0.29) is 22.3 Å². The quantitative estimate of drug-likeness (QED) is 0.745. The van der Waals surface area contributed by atoms with Gasteiger partial charge in [-0.3, -0.25) is 4.79 Å². The molecule has 1 aromatic heterocycles. The maximum Gasteiger partial charge on any atom is 0.256 e. The van der Waals surface area contributed by atoms with Gasteiger partial charge in [0.2, 0.25) is 10.0 Å². The Kier molecular flexibility index (Phi) is 6.50. The van der Waals surface area contributed by atoms with E-state index in [0.717, 1.165) is 29.7 Å². The number of aryl methyl sites for hydroxylation is 1. The lowest BCUT2D eigenvalue weighted by atomic mass is 10.1. The van der Waals surface area contributed by atoms with Crippen LogP contribution < -0.4 is 10.1 Å². The number of nitrogens with zero attached hydrogens (tertiary/aromatic N) is 2. The third-order valence-corrected chi connectivity index (χ3v) is 8.64. The van der Waals surface area contributed by atoms with Gasteiger partial charge in [0.05, 0.1) is 12.7 Å². The van der Waals surface area contributed by atoms with Crippen LogP contribution in [0.15, 0.2) is 23.1 Å². The van der Waals surface area contributed by atoms with Gasteiger partial charge in [-0.15, -0.1) is 11.3 Å². The highest BCUT2D eigenvalue weighted by Crippen LogP contribution is 2.34. The maximum absolute atomic E-state index is 13.3. The third-order valence-electron chi connectivity index (χ3n) is 5.48. The van der Waals surface area contributed by atoms with Gasteiger partial charge in [-0.25, -0.2) is 8.42 Å². The fraction of sp³-hybridized carbons (Fsp3) is 0.429. The Hall–Kier alpha value is -2.41. The van der Waals surface area contributed by atoms with Crippen molar-refractivity contribution in [3.05, 3.63) is 39.8 Å². The van der Waals surface area contributed by atoms with Crippen molar-refractivity contribution in [1.29, 1.82) is 5.26 Å². The molecule has 0 radical (unpaired) electrons. The van der Waals surface area contributed by atoms with Gasteiger partial charge < -0.3 is 10.1 Å². The molecule has 1 atom stereocenters. The molecule has 1 saturated heterocycles. The molecule has 0 bridgehead atoms. The number of sulfonamides is 1. The Morgan fingerprint density at radius 2 is 2.07 bits per heavy atom. The zero-order valence-corrected chi connectivity index (χ0v) is 19.1. The SMILES string of the molecule is COc1ccc(C(=O)Nc2sc(C)c(C)c2C#N)cc1S(=O)(=O)N1CCCC[C@@H]1C. The van der Waals surface area contributed by atoms with Crippen LogP contribution in [-0.4, -0.2) is 38.3 Å². The van der Waals surface area contributed by atoms with Crippen molar-refractivity contribution in [2.24, 2.45) is 0 Å². The predicted molar refractivity (Wildman–Crippen MR) is 117 cm³/mol. The van der Waals surface area contributed by atoms with Crippen LogP contribution in [0.5, 0.6) is 5.75 Å². The average Bonchev–Trinajstić information content (AvgIpc) is 3.00. The minimum absolute atomic E-state index is 0.0227. The first kappa shape index (κ1) is 22.3. The second-order valence-corrected chi connectivity index (χ2v) is 10.5. The van der Waals surface area contributed by atoms with E-state index in [1.54, 1.807) is 0 Å². The summed E-state index contributed by atoms with van der Waals surface area (Å²) in [6.45, 7) is 6.05. The number of carbonyl (C=O) groups excluding carboxylic acids is 1. The summed E-state index contributed by atoms with van der Waals surface area (Å²) in [5.74, 6) is -0.275. The molecule has 0 unspecified atom stereocenters. The molecule has 7 nitrogen and oxygen atoms in total. The first-order chi connectivity index (χ1) is 14.2. The lowest BCUT2D eigenvalue weighted by Crippen LogP contribution is -2.42. The number of methoxy groups -OCH3 is 1. The second kappa shape index (κ2) is 8.76. The molecule has 1 N–H and O–H groups in total. The topological polar surface area (TPSA) is 99.5 Å². The number of anilines is 1. The average molecular weight is 448 g/mol. The van der Waals surface area contributed by atoms with E-state index in [1.807, 2.05) is 20.8 Å². The number of carbonyl (C=O) groups is 1. The summed E-state index contributed by atoms with van der Waals surface area (Å²) in [5, 5.41) is 12.6. The molecular formula is C21H25N3O4S2. The lowest BCUT2D eigenvalue weighted by molar-refractivity contribution is 0.102. The van der Waals surface area contributed by atoms with Gasteiger partial charge in [-0.2, -0.15) is 9.57 Å². The number of rotatable bonds is 5. The molecule has 1 aliphatic rings. The third kappa shape index (κ3) is 4.08. The molecule has 2 aromatic rings. The molecule has 1 aromatic carbocycles. The van der Waals surface area contributed by atoms with E-state index in [2.05, 4.69) is 11.4 Å². The number of thiophene rings is 1. The molecule has 1 aliphatic heterocycles. The van der Waals surface area contributed by atoms with Crippen molar-refractivity contribution in [1.82, 2.24) is 4.31 Å². The van der Waals surface area contributed by atoms with Crippen LogP contribution >= 0.6 is 11.3 Å². The number of hydrogen-bond acceptors (Lipinski definition) is 6. The minimum atomic E-state index is -3.82. The Labute approximate surface area is 181 Å². The van der Waals surface area contributed by atoms with Crippen molar-refractivity contribution < 1.29 is 17.9 Å². The Bertz CT molecular complexity index is 1120. The van der Waals surface area contributed by atoms with E-state index in [1.165, 1.54) is 41.0 Å². The van der Waals surface area contributed by atoms with Crippen LogP contribution in [0.25, 0.3) is 0 Å². The number of ether oxygens (including phenoxy) is 1. The van der Waals surface area contributed by atoms with Gasteiger partial charge in [-0.1, -0.05) is 6.42 Å². The minimum Gasteiger partial charge on any atom is -0.495 e. The summed E-state index contributed by atoms with van der Waals surface area (Å²) in [4.78, 5) is 13.8. The van der Waals surface area contributed by atoms with E-state index in [9.17, 15) is 18.5 Å². The summed E-state index contributed by atoms with van der Waals surface area (Å²) in [5.41, 5.74) is 1.44. The van der Waals surface area contributed by atoms with Crippen molar-refractivity contribution >= 4 is 32.3 Å². The molecule has 2 heterocycles. The molecule has 1 amide bonds. The fourth-order valence-electron chi connectivity index (χ4n) is 3.60. The summed E-state index contributed by atoms with van der Waals surface area (Å²) in [7, 11) is -2.41. The second-order valence-electron chi connectivity index (χ2n) is 7.38. The molecule has 30 heavy (non-hydrogen) atoms. The summed E-state index contributed by atoms with van der Waals surface area (Å²) in [6, 6.07) is 6.37. The molecule has 160 valence electrons. The largest absolute Gasteiger partial charge is 0.495 e. The van der Waals surface area contributed by atoms with Crippen molar-refractivity contribution in [2.75, 3.05) is 19.0 Å². The van der Waals surface area contributed by atoms with Crippen molar-refractivity contribution in [3.8, 4) is 11.8 Å². The van der Waals surface area contributed by atoms with Gasteiger partial charge in [0.15, 0.2) is 0 Å². The van der Waals surface area contributed by atoms with E-state index < -0.39 is 15.9 Å². The van der Waals surface area contributed by atoms with Gasteiger partial charge in [0.1, 0.15) is 21.7 Å². The smallest absolute Gasteiger partial charge is 0.256 e. The van der Waals surface area contributed by atoms with E-state index in [0.29, 0.717) is 17.1 Å². The van der Waals surface area contributed by atoms with Crippen LogP contribution in [-0.2, 0) is 10.0 Å². The summed E-state index contributed by atoms with van der Waals surface area (Å²) < 4.78 is 33.4. The van der Waals surface area contributed by atoms with Gasteiger partial charge >= 0.3 is 0 Å². The molecule has 0 saturated carbocycles. The molecule has 0 spiro atoms. The van der Waals surface area contributed by atoms with Crippen LogP contribution in [0.2, 0.25) is 0 Å². The number of benzene rings is 1. The number of nitriles is 1. The van der Waals surface area contributed by atoms with Gasteiger partial charge in [-0.05, 0) is 57.4 Å². The van der Waals surface area contributed by atoms with Crippen LogP contribution in [0, 0.1) is 25.2 Å². The van der Waals surface area contributed by atoms with Crippen molar-refractivity contribution in [2.45, 2.75) is 51.0 Å². The molecule has 3 rings (SSSR count). The molecular weight excluding hydrogens is 422 g/mol. The molecule has 0 aliphatic carbocycles. The van der Waals surface area contributed by atoms with Gasteiger partial charge in [0, 0.05) is 23.0 Å². The number of hydrogen-bond donors (Lipinski definition) is 1. The Morgan fingerprint density at radius 3 is 2.70 bits per heavy atom. The monoisotopic (exact) mass is 447 g/mol. The first-order valence-corrected chi connectivity index (χ1v) is 12.0. The van der Waals surface area contributed by atoms with Crippen molar-refractivity contribution in [3.63, 3.8) is 0 Å². The summed E-state index contributed by atoms with van der Waals surface area (Å²) >= 11 is 1.32. The number of amides is 1. The van der Waals surface area contributed by atoms with Crippen LogP contribution in [0.1, 0.15) is 52.5 Å². The zero-order chi connectivity index (χ0) is 22.1. The fourth-order valence-corrected chi connectivity index (χ4v) is 6.49. The van der Waals surface area contributed by atoms with E-state index in [4.69, 9.17) is 4.74 Å². The summed E-state index contributed by atoms with van der Waals surface area (Å²) in [6.07, 6.45) is 2.60.